The fraction of sp³-hybridized carbons (Fsp3) is 0.250. The number of benzene rings is 2. The van der Waals surface area contributed by atoms with Crippen molar-refractivity contribution in [3.05, 3.63) is 52.8 Å². The highest BCUT2D eigenvalue weighted by atomic mass is 35.5. The van der Waals surface area contributed by atoms with Gasteiger partial charge in [-0.05, 0) is 42.8 Å². The number of sulfonamides is 1. The average molecular weight is 372 g/mol. The summed E-state index contributed by atoms with van der Waals surface area (Å²) in [5, 5.41) is -0.170. The lowest BCUT2D eigenvalue weighted by molar-refractivity contribution is 0.171. The summed E-state index contributed by atoms with van der Waals surface area (Å²) in [6.45, 7) is 2.62. The van der Waals surface area contributed by atoms with Crippen molar-refractivity contribution in [2.75, 3.05) is 13.2 Å². The van der Waals surface area contributed by atoms with Crippen LogP contribution in [-0.4, -0.2) is 21.6 Å². The van der Waals surface area contributed by atoms with Gasteiger partial charge in [0.2, 0.25) is 10.0 Å². The van der Waals surface area contributed by atoms with E-state index in [1.807, 2.05) is 0 Å². The van der Waals surface area contributed by atoms with Gasteiger partial charge in [0, 0.05) is 6.04 Å². The Morgan fingerprint density at radius 1 is 1.12 bits per heavy atom. The topological polar surface area (TPSA) is 64.6 Å². The highest BCUT2D eigenvalue weighted by molar-refractivity contribution is 7.89. The van der Waals surface area contributed by atoms with Crippen LogP contribution in [0.3, 0.4) is 0 Å². The molecule has 24 heavy (non-hydrogen) atoms. The molecule has 0 aliphatic carbocycles. The Bertz CT molecular complexity index is 872. The lowest BCUT2D eigenvalue weighted by Gasteiger charge is -2.21. The molecule has 1 N–H and O–H groups in total. The van der Waals surface area contributed by atoms with E-state index < -0.39 is 21.9 Å². The first-order valence-electron chi connectivity index (χ1n) is 7.24. The number of hydrogen-bond acceptors (Lipinski definition) is 4. The molecule has 128 valence electrons. The van der Waals surface area contributed by atoms with E-state index >= 15 is 0 Å². The van der Waals surface area contributed by atoms with Gasteiger partial charge in [-0.1, -0.05) is 17.7 Å². The minimum Gasteiger partial charge on any atom is -0.486 e. The molecule has 1 unspecified atom stereocenters. The number of rotatable bonds is 4. The Kier molecular flexibility index (Phi) is 4.67. The standard InChI is InChI=1S/C16H15ClFNO4S/c1-10(11-2-4-14-15(8-11)23-7-6-22-14)19-24(20,21)16-5-3-12(18)9-13(16)17/h2-5,8-10,19H,6-7H2,1H3. The summed E-state index contributed by atoms with van der Waals surface area (Å²) in [4.78, 5) is -0.171. The van der Waals surface area contributed by atoms with Gasteiger partial charge in [-0.25, -0.2) is 17.5 Å². The second-order valence-electron chi connectivity index (χ2n) is 5.32. The monoisotopic (exact) mass is 371 g/mol. The summed E-state index contributed by atoms with van der Waals surface area (Å²) in [5.41, 5.74) is 0.709. The maximum absolute atomic E-state index is 13.1. The molecule has 0 aromatic heterocycles. The van der Waals surface area contributed by atoms with Crippen molar-refractivity contribution >= 4 is 21.6 Å². The normalized spacial score (nSPS) is 15.1. The lowest BCUT2D eigenvalue weighted by Crippen LogP contribution is -2.27. The van der Waals surface area contributed by atoms with E-state index in [1.54, 1.807) is 25.1 Å². The smallest absolute Gasteiger partial charge is 0.242 e. The molecule has 0 amide bonds. The van der Waals surface area contributed by atoms with E-state index in [4.69, 9.17) is 21.1 Å². The van der Waals surface area contributed by atoms with Gasteiger partial charge >= 0.3 is 0 Å². The molecule has 0 saturated heterocycles. The van der Waals surface area contributed by atoms with Crippen molar-refractivity contribution in [1.82, 2.24) is 4.72 Å². The van der Waals surface area contributed by atoms with Crippen LogP contribution in [0.4, 0.5) is 4.39 Å². The van der Waals surface area contributed by atoms with Gasteiger partial charge in [0.05, 0.1) is 5.02 Å². The van der Waals surface area contributed by atoms with Gasteiger partial charge in [-0.15, -0.1) is 0 Å². The maximum Gasteiger partial charge on any atom is 0.242 e. The molecule has 1 atom stereocenters. The van der Waals surface area contributed by atoms with Crippen LogP contribution in [0, 0.1) is 5.82 Å². The van der Waals surface area contributed by atoms with Crippen LogP contribution in [0.1, 0.15) is 18.5 Å². The first-order valence-corrected chi connectivity index (χ1v) is 9.10. The molecule has 3 rings (SSSR count). The van der Waals surface area contributed by atoms with Crippen LogP contribution in [-0.2, 0) is 10.0 Å². The number of ether oxygens (including phenoxy) is 2. The van der Waals surface area contributed by atoms with Crippen LogP contribution < -0.4 is 14.2 Å². The van der Waals surface area contributed by atoms with E-state index in [0.29, 0.717) is 30.3 Å². The van der Waals surface area contributed by atoms with Crippen molar-refractivity contribution in [3.8, 4) is 11.5 Å². The minimum absolute atomic E-state index is 0.170. The van der Waals surface area contributed by atoms with Crippen molar-refractivity contribution in [1.29, 1.82) is 0 Å². The van der Waals surface area contributed by atoms with Crippen LogP contribution >= 0.6 is 11.6 Å². The molecule has 0 bridgehead atoms. The lowest BCUT2D eigenvalue weighted by atomic mass is 10.1. The van der Waals surface area contributed by atoms with Crippen LogP contribution in [0.2, 0.25) is 5.02 Å². The second kappa shape index (κ2) is 6.58. The predicted molar refractivity (Wildman–Crippen MR) is 87.6 cm³/mol. The average Bonchev–Trinajstić information content (AvgIpc) is 2.53. The minimum atomic E-state index is -3.90. The largest absolute Gasteiger partial charge is 0.486 e. The molecule has 0 fully saturated rings. The van der Waals surface area contributed by atoms with Gasteiger partial charge in [0.25, 0.3) is 0 Å². The van der Waals surface area contributed by atoms with Gasteiger partial charge in [-0.2, -0.15) is 0 Å². The molecule has 0 spiro atoms. The summed E-state index contributed by atoms with van der Waals surface area (Å²) >= 11 is 5.84. The van der Waals surface area contributed by atoms with E-state index in [1.165, 1.54) is 0 Å². The zero-order valence-electron chi connectivity index (χ0n) is 12.8. The maximum atomic E-state index is 13.1. The zero-order chi connectivity index (χ0) is 17.3. The van der Waals surface area contributed by atoms with Crippen molar-refractivity contribution in [2.45, 2.75) is 17.9 Å². The van der Waals surface area contributed by atoms with Gasteiger partial charge in [0.15, 0.2) is 11.5 Å². The Morgan fingerprint density at radius 2 is 1.83 bits per heavy atom. The summed E-state index contributed by atoms with van der Waals surface area (Å²) in [6, 6.07) is 7.84. The van der Waals surface area contributed by atoms with E-state index in [2.05, 4.69) is 4.72 Å². The Hall–Kier alpha value is -1.83. The molecule has 0 saturated carbocycles. The van der Waals surface area contributed by atoms with Crippen LogP contribution in [0.15, 0.2) is 41.3 Å². The van der Waals surface area contributed by atoms with Crippen LogP contribution in [0.25, 0.3) is 0 Å². The third-order valence-corrected chi connectivity index (χ3v) is 5.61. The third kappa shape index (κ3) is 3.48. The second-order valence-corrected chi connectivity index (χ2v) is 7.41. The molecule has 1 aliphatic heterocycles. The van der Waals surface area contributed by atoms with Gasteiger partial charge in [0.1, 0.15) is 23.9 Å². The fourth-order valence-corrected chi connectivity index (χ4v) is 4.15. The van der Waals surface area contributed by atoms with Crippen LogP contribution in [0.5, 0.6) is 11.5 Å². The highest BCUT2D eigenvalue weighted by Crippen LogP contribution is 2.33. The summed E-state index contributed by atoms with van der Waals surface area (Å²) in [7, 11) is -3.90. The molecule has 0 radical (unpaired) electrons. The summed E-state index contributed by atoms with van der Waals surface area (Å²) < 4.78 is 51.5. The fourth-order valence-electron chi connectivity index (χ4n) is 2.39. The predicted octanol–water partition coefficient (Wildman–Crippen LogP) is 3.29. The molecule has 2 aromatic rings. The third-order valence-electron chi connectivity index (χ3n) is 3.58. The molecule has 8 heteroatoms. The Balaban J connectivity index is 1.84. The van der Waals surface area contributed by atoms with Crippen molar-refractivity contribution in [3.63, 3.8) is 0 Å². The first kappa shape index (κ1) is 17.0. The molecule has 2 aromatic carbocycles. The number of hydrogen-bond donors (Lipinski definition) is 1. The Morgan fingerprint density at radius 3 is 2.54 bits per heavy atom. The molecule has 5 nitrogen and oxygen atoms in total. The van der Waals surface area contributed by atoms with E-state index in [9.17, 15) is 12.8 Å². The molecule has 1 aliphatic rings. The van der Waals surface area contributed by atoms with Gasteiger partial charge in [-0.3, -0.25) is 0 Å². The van der Waals surface area contributed by atoms with Crippen molar-refractivity contribution in [2.24, 2.45) is 0 Å². The molecular formula is C16H15ClFNO4S. The zero-order valence-corrected chi connectivity index (χ0v) is 14.3. The van der Waals surface area contributed by atoms with E-state index in [-0.39, 0.29) is 9.92 Å². The Labute approximate surface area is 144 Å². The van der Waals surface area contributed by atoms with E-state index in [0.717, 1.165) is 18.2 Å². The number of fused-ring (bicyclic) bond motifs is 1. The number of halogens is 2. The summed E-state index contributed by atoms with van der Waals surface area (Å²) in [6.07, 6.45) is 0. The van der Waals surface area contributed by atoms with Crippen molar-refractivity contribution < 1.29 is 22.3 Å². The molecular weight excluding hydrogens is 357 g/mol. The molecule has 1 heterocycles. The summed E-state index contributed by atoms with van der Waals surface area (Å²) in [5.74, 6) is 0.602. The first-order chi connectivity index (χ1) is 11.4. The number of nitrogens with one attached hydrogen (secondary N) is 1. The SMILES string of the molecule is CC(NS(=O)(=O)c1ccc(F)cc1Cl)c1ccc2c(c1)OCCO2. The highest BCUT2D eigenvalue weighted by Gasteiger charge is 2.22. The quantitative estimate of drug-likeness (QED) is 0.895. The van der Waals surface area contributed by atoms with Gasteiger partial charge < -0.3 is 9.47 Å².